The normalized spacial score (nSPS) is 11.1. The largest absolute Gasteiger partial charge is 0.461 e. The fourth-order valence-electron chi connectivity index (χ4n) is 3.68. The molecule has 4 heterocycles. The van der Waals surface area contributed by atoms with E-state index in [1.165, 1.54) is 17.9 Å². The summed E-state index contributed by atoms with van der Waals surface area (Å²) >= 11 is 0. The van der Waals surface area contributed by atoms with E-state index >= 15 is 0 Å². The summed E-state index contributed by atoms with van der Waals surface area (Å²) < 4.78 is 6.97. The molecule has 5 aromatic rings. The summed E-state index contributed by atoms with van der Waals surface area (Å²) in [5, 5.41) is 8.77. The maximum atomic E-state index is 11.1. The molecule has 0 aliphatic rings. The summed E-state index contributed by atoms with van der Waals surface area (Å²) in [4.78, 5) is 30.9. The van der Waals surface area contributed by atoms with Crippen LogP contribution < -0.4 is 5.73 Å². The Bertz CT molecular complexity index is 1520. The van der Waals surface area contributed by atoms with Crippen LogP contribution in [0, 0.1) is 6.92 Å². The Balaban J connectivity index is 1.70. The molecule has 1 aromatic carbocycles. The van der Waals surface area contributed by atoms with Gasteiger partial charge in [-0.3, -0.25) is 9.36 Å². The van der Waals surface area contributed by atoms with E-state index < -0.39 is 0 Å². The molecule has 0 aliphatic heterocycles. The highest BCUT2D eigenvalue weighted by molar-refractivity contribution is 5.83. The Labute approximate surface area is 194 Å². The van der Waals surface area contributed by atoms with E-state index in [4.69, 9.17) is 20.4 Å². The van der Waals surface area contributed by atoms with Gasteiger partial charge in [-0.25, -0.2) is 19.9 Å². The lowest BCUT2D eigenvalue weighted by molar-refractivity contribution is -0.142. The number of esters is 1. The van der Waals surface area contributed by atoms with Gasteiger partial charge in [-0.1, -0.05) is 12.1 Å². The average molecular weight is 455 g/mol. The maximum absolute atomic E-state index is 11.1. The molecule has 4 aromatic heterocycles. The number of hydrogen-bond acceptors (Lipinski definition) is 9. The Morgan fingerprint density at radius 3 is 2.44 bits per heavy atom. The van der Waals surface area contributed by atoms with E-state index in [1.807, 2.05) is 47.9 Å². The van der Waals surface area contributed by atoms with Gasteiger partial charge in [0.25, 0.3) is 0 Å². The van der Waals surface area contributed by atoms with Crippen molar-refractivity contribution in [2.24, 2.45) is 7.05 Å². The summed E-state index contributed by atoms with van der Waals surface area (Å²) in [6, 6.07) is 11.3. The number of benzene rings is 1. The second-order valence-corrected chi connectivity index (χ2v) is 7.67. The number of carbonyl (C=O) groups excluding carboxylic acids is 1. The highest BCUT2D eigenvalue weighted by Crippen LogP contribution is 2.30. The number of nitrogen functional groups attached to an aromatic ring is 1. The van der Waals surface area contributed by atoms with E-state index in [9.17, 15) is 4.79 Å². The van der Waals surface area contributed by atoms with Gasteiger partial charge in [0.05, 0.1) is 11.4 Å². The molecule has 0 fully saturated rings. The molecular weight excluding hydrogens is 434 g/mol. The van der Waals surface area contributed by atoms with Gasteiger partial charge in [0, 0.05) is 32.1 Å². The van der Waals surface area contributed by atoms with Crippen LogP contribution in [0.15, 0.2) is 48.8 Å². The molecule has 0 saturated heterocycles. The number of nitrogens with zero attached hydrogens (tertiary/aromatic N) is 8. The van der Waals surface area contributed by atoms with Crippen LogP contribution in [-0.4, -0.2) is 45.5 Å². The highest BCUT2D eigenvalue weighted by atomic mass is 16.5. The predicted molar refractivity (Wildman–Crippen MR) is 125 cm³/mol. The second kappa shape index (κ2) is 8.35. The van der Waals surface area contributed by atoms with Gasteiger partial charge in [0.1, 0.15) is 23.5 Å². The lowest BCUT2D eigenvalue weighted by Gasteiger charge is -2.11. The smallest absolute Gasteiger partial charge is 0.302 e. The Morgan fingerprint density at radius 2 is 1.76 bits per heavy atom. The van der Waals surface area contributed by atoms with Gasteiger partial charge in [-0.05, 0) is 36.8 Å². The van der Waals surface area contributed by atoms with Gasteiger partial charge in [-0.15, -0.1) is 0 Å². The maximum Gasteiger partial charge on any atom is 0.302 e. The van der Waals surface area contributed by atoms with E-state index in [2.05, 4.69) is 20.2 Å². The number of nitrogens with two attached hydrogens (primary N) is 1. The van der Waals surface area contributed by atoms with E-state index in [-0.39, 0.29) is 18.4 Å². The molecule has 5 rings (SSSR count). The lowest BCUT2D eigenvalue weighted by atomic mass is 10.2. The Hall–Kier alpha value is -4.67. The van der Waals surface area contributed by atoms with E-state index in [1.54, 1.807) is 13.2 Å². The number of aromatic nitrogens is 8. The number of rotatable bonds is 5. The average Bonchev–Trinajstić information content (AvgIpc) is 3.36. The third kappa shape index (κ3) is 3.83. The molecule has 0 aliphatic carbocycles. The van der Waals surface area contributed by atoms with Crippen LogP contribution in [-0.2, 0) is 23.2 Å². The molecule has 0 bridgehead atoms. The van der Waals surface area contributed by atoms with Gasteiger partial charge >= 0.3 is 5.97 Å². The quantitative estimate of drug-likeness (QED) is 0.396. The van der Waals surface area contributed by atoms with Gasteiger partial charge in [0.2, 0.25) is 0 Å². The molecule has 0 radical (unpaired) electrons. The Kier molecular flexibility index (Phi) is 5.21. The van der Waals surface area contributed by atoms with Crippen molar-refractivity contribution in [1.82, 2.24) is 39.5 Å². The topological polar surface area (TPSA) is 140 Å². The molecular formula is C23H21N9O2. The van der Waals surface area contributed by atoms with Gasteiger partial charge in [0.15, 0.2) is 17.3 Å². The molecule has 0 saturated carbocycles. The molecule has 0 amide bonds. The summed E-state index contributed by atoms with van der Waals surface area (Å²) in [7, 11) is 1.77. The third-order valence-electron chi connectivity index (χ3n) is 5.20. The summed E-state index contributed by atoms with van der Waals surface area (Å²) in [5.41, 5.74) is 11.6. The van der Waals surface area contributed by atoms with E-state index in [0.717, 1.165) is 16.9 Å². The van der Waals surface area contributed by atoms with Crippen molar-refractivity contribution < 1.29 is 9.53 Å². The number of imidazole rings is 1. The minimum Gasteiger partial charge on any atom is -0.461 e. The van der Waals surface area contributed by atoms with Crippen molar-refractivity contribution in [2.75, 3.05) is 5.73 Å². The summed E-state index contributed by atoms with van der Waals surface area (Å²) in [6.45, 7) is 3.46. The molecule has 11 nitrogen and oxygen atoms in total. The third-order valence-corrected chi connectivity index (χ3v) is 5.20. The van der Waals surface area contributed by atoms with Gasteiger partial charge < -0.3 is 10.5 Å². The first-order valence-electron chi connectivity index (χ1n) is 10.5. The first kappa shape index (κ1) is 21.2. The molecule has 34 heavy (non-hydrogen) atoms. The monoisotopic (exact) mass is 455 g/mol. The number of fused-ring (bicyclic) bond motifs is 1. The predicted octanol–water partition coefficient (Wildman–Crippen LogP) is 2.63. The van der Waals surface area contributed by atoms with Crippen LogP contribution in [0.1, 0.15) is 18.2 Å². The number of hydrogen-bond donors (Lipinski definition) is 1. The van der Waals surface area contributed by atoms with Crippen molar-refractivity contribution in [1.29, 1.82) is 0 Å². The van der Waals surface area contributed by atoms with Crippen LogP contribution in [0.25, 0.3) is 39.8 Å². The van der Waals surface area contributed by atoms with Crippen molar-refractivity contribution in [2.45, 2.75) is 20.5 Å². The number of aryl methyl sites for hydroxylation is 2. The van der Waals surface area contributed by atoms with Crippen molar-refractivity contribution in [3.05, 3.63) is 60.0 Å². The number of anilines is 1. The molecule has 0 atom stereocenters. The second-order valence-electron chi connectivity index (χ2n) is 7.67. The minimum absolute atomic E-state index is 0.193. The number of ether oxygens (including phenoxy) is 1. The zero-order valence-electron chi connectivity index (χ0n) is 18.8. The number of carbonyl (C=O) groups is 1. The Morgan fingerprint density at radius 1 is 1.00 bits per heavy atom. The van der Waals surface area contributed by atoms with Crippen LogP contribution in [0.2, 0.25) is 0 Å². The van der Waals surface area contributed by atoms with Crippen LogP contribution >= 0.6 is 0 Å². The van der Waals surface area contributed by atoms with Crippen LogP contribution in [0.5, 0.6) is 0 Å². The fourth-order valence-corrected chi connectivity index (χ4v) is 3.68. The zero-order chi connectivity index (χ0) is 23.8. The molecule has 170 valence electrons. The molecule has 0 spiro atoms. The standard InChI is InChI=1S/C23H21N9O2/c1-13-19(30-31(3)29-13)17-8-9-18-22(27-17)32(23(28-18)20-21(24)26-11-10-25-20)16-6-4-15(5-7-16)12-34-14(2)33/h4-11H,12H2,1-3H3,(H2,24,26). The first-order valence-corrected chi connectivity index (χ1v) is 10.5. The molecule has 2 N–H and O–H groups in total. The lowest BCUT2D eigenvalue weighted by Crippen LogP contribution is -2.04. The first-order chi connectivity index (χ1) is 16.4. The highest BCUT2D eigenvalue weighted by Gasteiger charge is 2.20. The number of pyridine rings is 1. The summed E-state index contributed by atoms with van der Waals surface area (Å²) in [5.74, 6) is 0.436. The van der Waals surface area contributed by atoms with Crippen molar-refractivity contribution in [3.8, 4) is 28.6 Å². The SMILES string of the molecule is CC(=O)OCc1ccc(-n2c(-c3nccnc3N)nc3ccc(-c4nn(C)nc4C)nc32)cc1. The minimum atomic E-state index is -0.332. The zero-order valence-corrected chi connectivity index (χ0v) is 18.8. The van der Waals surface area contributed by atoms with Crippen molar-refractivity contribution in [3.63, 3.8) is 0 Å². The van der Waals surface area contributed by atoms with Crippen LogP contribution in [0.4, 0.5) is 5.82 Å². The summed E-state index contributed by atoms with van der Waals surface area (Å²) in [6.07, 6.45) is 3.10. The molecule has 11 heteroatoms. The van der Waals surface area contributed by atoms with Crippen LogP contribution in [0.3, 0.4) is 0 Å². The van der Waals surface area contributed by atoms with E-state index in [0.29, 0.717) is 34.1 Å². The fraction of sp³-hybridized carbons (Fsp3) is 0.174. The van der Waals surface area contributed by atoms with Gasteiger partial charge in [-0.2, -0.15) is 15.0 Å². The molecule has 0 unspecified atom stereocenters. The van der Waals surface area contributed by atoms with Crippen molar-refractivity contribution >= 4 is 23.0 Å².